The SMILES string of the molecule is CC(C)(C)c1ccc(C(=O)N2CCC(N3CCCC(N(C(=O)O)C4CC4)C3)CC2)cc1. The van der Waals surface area contributed by atoms with Crippen LogP contribution in [0.4, 0.5) is 4.79 Å². The summed E-state index contributed by atoms with van der Waals surface area (Å²) in [6.45, 7) is 9.98. The first-order chi connectivity index (χ1) is 14.7. The van der Waals surface area contributed by atoms with E-state index in [4.69, 9.17) is 0 Å². The number of carbonyl (C=O) groups excluding carboxylic acids is 1. The third kappa shape index (κ3) is 5.05. The topological polar surface area (TPSA) is 64.1 Å². The van der Waals surface area contributed by atoms with Crippen molar-refractivity contribution in [2.45, 2.75) is 82.8 Å². The Balaban J connectivity index is 1.32. The molecule has 1 N–H and O–H groups in total. The Bertz CT molecular complexity index is 789. The monoisotopic (exact) mass is 427 g/mol. The highest BCUT2D eigenvalue weighted by molar-refractivity contribution is 5.94. The Morgan fingerprint density at radius 1 is 0.935 bits per heavy atom. The zero-order chi connectivity index (χ0) is 22.2. The van der Waals surface area contributed by atoms with Crippen molar-refractivity contribution in [1.82, 2.24) is 14.7 Å². The van der Waals surface area contributed by atoms with Gasteiger partial charge in [-0.25, -0.2) is 4.79 Å². The predicted octanol–water partition coefficient (Wildman–Crippen LogP) is 4.20. The van der Waals surface area contributed by atoms with Crippen molar-refractivity contribution >= 4 is 12.0 Å². The normalized spacial score (nSPS) is 23.6. The van der Waals surface area contributed by atoms with Gasteiger partial charge in [-0.3, -0.25) is 9.69 Å². The average molecular weight is 428 g/mol. The molecule has 1 aliphatic carbocycles. The molecule has 1 atom stereocenters. The molecule has 0 radical (unpaired) electrons. The van der Waals surface area contributed by atoms with Crippen LogP contribution in [0, 0.1) is 0 Å². The second-order valence-electron chi connectivity index (χ2n) is 10.6. The van der Waals surface area contributed by atoms with Crippen LogP contribution >= 0.6 is 0 Å². The Morgan fingerprint density at radius 3 is 2.13 bits per heavy atom. The van der Waals surface area contributed by atoms with Gasteiger partial charge in [0.05, 0.1) is 0 Å². The molecule has 0 bridgehead atoms. The van der Waals surface area contributed by atoms with E-state index in [1.807, 2.05) is 17.0 Å². The van der Waals surface area contributed by atoms with Gasteiger partial charge in [-0.1, -0.05) is 32.9 Å². The molecule has 4 rings (SSSR count). The zero-order valence-corrected chi connectivity index (χ0v) is 19.2. The Hall–Kier alpha value is -2.08. The number of nitrogens with zero attached hydrogens (tertiary/aromatic N) is 3. The quantitative estimate of drug-likeness (QED) is 0.782. The highest BCUT2D eigenvalue weighted by Gasteiger charge is 2.40. The fourth-order valence-electron chi connectivity index (χ4n) is 5.23. The van der Waals surface area contributed by atoms with Gasteiger partial charge >= 0.3 is 6.09 Å². The van der Waals surface area contributed by atoms with Crippen molar-refractivity contribution in [3.8, 4) is 0 Å². The lowest BCUT2D eigenvalue weighted by Gasteiger charge is -2.44. The van der Waals surface area contributed by atoms with Crippen LogP contribution in [0.2, 0.25) is 0 Å². The maximum Gasteiger partial charge on any atom is 0.407 e. The molecule has 0 aromatic heterocycles. The number of piperidine rings is 2. The maximum absolute atomic E-state index is 13.0. The van der Waals surface area contributed by atoms with Gasteiger partial charge in [0.1, 0.15) is 0 Å². The van der Waals surface area contributed by atoms with Crippen molar-refractivity contribution in [3.63, 3.8) is 0 Å². The van der Waals surface area contributed by atoms with Crippen LogP contribution in [0.25, 0.3) is 0 Å². The van der Waals surface area contributed by atoms with Crippen LogP contribution in [-0.4, -0.2) is 76.1 Å². The minimum absolute atomic E-state index is 0.0853. The van der Waals surface area contributed by atoms with Crippen LogP contribution in [0.15, 0.2) is 24.3 Å². The van der Waals surface area contributed by atoms with Crippen molar-refractivity contribution in [3.05, 3.63) is 35.4 Å². The van der Waals surface area contributed by atoms with Crippen molar-refractivity contribution in [2.75, 3.05) is 26.2 Å². The number of benzene rings is 1. The predicted molar refractivity (Wildman–Crippen MR) is 122 cm³/mol. The van der Waals surface area contributed by atoms with Gasteiger partial charge in [-0.2, -0.15) is 0 Å². The first-order valence-corrected chi connectivity index (χ1v) is 11.9. The second kappa shape index (κ2) is 8.81. The molecular formula is C25H37N3O3. The van der Waals surface area contributed by atoms with Crippen LogP contribution in [0.5, 0.6) is 0 Å². The summed E-state index contributed by atoms with van der Waals surface area (Å²) in [6, 6.07) is 8.88. The van der Waals surface area contributed by atoms with E-state index in [2.05, 4.69) is 37.8 Å². The summed E-state index contributed by atoms with van der Waals surface area (Å²) in [5.41, 5.74) is 2.09. The van der Waals surface area contributed by atoms with E-state index in [1.165, 1.54) is 5.56 Å². The fraction of sp³-hybridized carbons (Fsp3) is 0.680. The number of amides is 2. The molecular weight excluding hydrogens is 390 g/mol. The molecule has 1 aromatic carbocycles. The van der Waals surface area contributed by atoms with E-state index < -0.39 is 6.09 Å². The molecule has 1 saturated carbocycles. The second-order valence-corrected chi connectivity index (χ2v) is 10.6. The first kappa shape index (κ1) is 22.1. The number of hydrogen-bond acceptors (Lipinski definition) is 3. The maximum atomic E-state index is 13.0. The van der Waals surface area contributed by atoms with Gasteiger partial charge in [0.25, 0.3) is 5.91 Å². The van der Waals surface area contributed by atoms with Crippen molar-refractivity contribution in [2.24, 2.45) is 0 Å². The van der Waals surface area contributed by atoms with E-state index in [9.17, 15) is 14.7 Å². The molecule has 6 nitrogen and oxygen atoms in total. The summed E-state index contributed by atoms with van der Waals surface area (Å²) >= 11 is 0. The molecule has 2 amide bonds. The van der Waals surface area contributed by atoms with Gasteiger partial charge in [0, 0.05) is 43.3 Å². The van der Waals surface area contributed by atoms with Crippen LogP contribution < -0.4 is 0 Å². The largest absolute Gasteiger partial charge is 0.465 e. The van der Waals surface area contributed by atoms with Gasteiger partial charge in [-0.05, 0) is 68.2 Å². The van der Waals surface area contributed by atoms with Gasteiger partial charge in [-0.15, -0.1) is 0 Å². The molecule has 1 aromatic rings. The molecule has 31 heavy (non-hydrogen) atoms. The average Bonchev–Trinajstić information content (AvgIpc) is 3.58. The lowest BCUT2D eigenvalue weighted by Crippen LogP contribution is -2.55. The summed E-state index contributed by atoms with van der Waals surface area (Å²) in [5.74, 6) is 0.126. The highest BCUT2D eigenvalue weighted by Crippen LogP contribution is 2.32. The molecule has 3 aliphatic rings. The van der Waals surface area contributed by atoms with Gasteiger partial charge in [0.15, 0.2) is 0 Å². The third-order valence-corrected chi connectivity index (χ3v) is 7.25. The first-order valence-electron chi connectivity index (χ1n) is 11.9. The molecule has 2 saturated heterocycles. The molecule has 3 fully saturated rings. The number of carbonyl (C=O) groups is 2. The van der Waals surface area contributed by atoms with E-state index in [0.717, 1.165) is 70.3 Å². The minimum Gasteiger partial charge on any atom is -0.465 e. The molecule has 1 unspecified atom stereocenters. The molecule has 0 spiro atoms. The number of carboxylic acid groups (broad SMARTS) is 1. The van der Waals surface area contributed by atoms with Gasteiger partial charge < -0.3 is 14.9 Å². The molecule has 170 valence electrons. The summed E-state index contributed by atoms with van der Waals surface area (Å²) in [4.78, 5) is 30.9. The smallest absolute Gasteiger partial charge is 0.407 e. The Morgan fingerprint density at radius 2 is 1.58 bits per heavy atom. The minimum atomic E-state index is -0.757. The number of rotatable bonds is 4. The van der Waals surface area contributed by atoms with E-state index in [1.54, 1.807) is 4.90 Å². The Labute approximate surface area is 186 Å². The number of hydrogen-bond donors (Lipinski definition) is 1. The number of likely N-dealkylation sites (tertiary alicyclic amines) is 2. The summed E-state index contributed by atoms with van der Waals surface area (Å²) < 4.78 is 0. The summed E-state index contributed by atoms with van der Waals surface area (Å²) in [6.07, 6.45) is 5.23. The lowest BCUT2D eigenvalue weighted by atomic mass is 9.86. The van der Waals surface area contributed by atoms with Crippen LogP contribution in [0.1, 0.15) is 75.2 Å². The third-order valence-electron chi connectivity index (χ3n) is 7.25. The summed E-state index contributed by atoms with van der Waals surface area (Å²) in [5, 5.41) is 9.66. The standard InChI is InChI=1S/C25H37N3O3/c1-25(2,3)19-8-6-18(7-9-19)23(29)26-15-12-20(13-16-26)27-14-4-5-22(17-27)28(24(30)31)21-10-11-21/h6-9,20-22H,4-5,10-17H2,1-3H3,(H,30,31). The Kier molecular flexibility index (Phi) is 6.29. The van der Waals surface area contributed by atoms with E-state index in [-0.39, 0.29) is 23.4 Å². The highest BCUT2D eigenvalue weighted by atomic mass is 16.4. The van der Waals surface area contributed by atoms with Crippen LogP contribution in [-0.2, 0) is 5.41 Å². The van der Waals surface area contributed by atoms with Crippen LogP contribution in [0.3, 0.4) is 0 Å². The van der Waals surface area contributed by atoms with E-state index in [0.29, 0.717) is 6.04 Å². The molecule has 2 heterocycles. The van der Waals surface area contributed by atoms with Crippen molar-refractivity contribution < 1.29 is 14.7 Å². The van der Waals surface area contributed by atoms with Crippen molar-refractivity contribution in [1.29, 1.82) is 0 Å². The zero-order valence-electron chi connectivity index (χ0n) is 19.2. The lowest BCUT2D eigenvalue weighted by molar-refractivity contribution is 0.0373. The van der Waals surface area contributed by atoms with E-state index >= 15 is 0 Å². The van der Waals surface area contributed by atoms with Gasteiger partial charge in [0.2, 0.25) is 0 Å². The fourth-order valence-corrected chi connectivity index (χ4v) is 5.23. The molecule has 2 aliphatic heterocycles. The molecule has 6 heteroatoms. The summed E-state index contributed by atoms with van der Waals surface area (Å²) in [7, 11) is 0.